The van der Waals surface area contributed by atoms with Gasteiger partial charge in [-0.05, 0) is 48.4 Å². The van der Waals surface area contributed by atoms with E-state index >= 15 is 0 Å². The van der Waals surface area contributed by atoms with Crippen LogP contribution in [0, 0.1) is 0 Å². The Balaban J connectivity index is 1.72. The third-order valence-electron chi connectivity index (χ3n) is 4.66. The second-order valence-electron chi connectivity index (χ2n) is 6.67. The molecule has 0 aliphatic carbocycles. The minimum Gasteiger partial charge on any atom is -0.497 e. The number of sulfone groups is 1. The van der Waals surface area contributed by atoms with Gasteiger partial charge in [0.15, 0.2) is 16.4 Å². The van der Waals surface area contributed by atoms with E-state index < -0.39 is 9.84 Å². The van der Waals surface area contributed by atoms with Gasteiger partial charge in [-0.1, -0.05) is 23.7 Å². The fourth-order valence-electron chi connectivity index (χ4n) is 3.13. The Labute approximate surface area is 169 Å². The van der Waals surface area contributed by atoms with Crippen molar-refractivity contribution in [2.45, 2.75) is 19.0 Å². The SMILES string of the molecule is COc1ccc(CN(C(=O)COc2ccc(Cl)cc2)[C@H]2CCS(=O)(=O)C2)cc1. The summed E-state index contributed by atoms with van der Waals surface area (Å²) in [6.45, 7) is 0.140. The molecule has 1 fully saturated rings. The second kappa shape index (κ2) is 8.84. The summed E-state index contributed by atoms with van der Waals surface area (Å²) in [6, 6.07) is 13.7. The molecule has 28 heavy (non-hydrogen) atoms. The number of carbonyl (C=O) groups excluding carboxylic acids is 1. The molecule has 1 heterocycles. The lowest BCUT2D eigenvalue weighted by atomic mass is 10.1. The molecule has 0 spiro atoms. The van der Waals surface area contributed by atoms with Crippen molar-refractivity contribution in [3.63, 3.8) is 0 Å². The average molecular weight is 424 g/mol. The third kappa shape index (κ3) is 5.39. The summed E-state index contributed by atoms with van der Waals surface area (Å²) in [5.74, 6) is 1.07. The van der Waals surface area contributed by atoms with Crippen LogP contribution in [0.2, 0.25) is 5.02 Å². The number of hydrogen-bond acceptors (Lipinski definition) is 5. The number of ether oxygens (including phenoxy) is 2. The summed E-state index contributed by atoms with van der Waals surface area (Å²) in [5, 5.41) is 0.580. The van der Waals surface area contributed by atoms with Gasteiger partial charge in [0.2, 0.25) is 0 Å². The normalized spacial score (nSPS) is 17.9. The van der Waals surface area contributed by atoms with Crippen LogP contribution >= 0.6 is 11.6 Å². The molecule has 8 heteroatoms. The summed E-state index contributed by atoms with van der Waals surface area (Å²) in [5.41, 5.74) is 0.893. The Bertz CT molecular complexity index is 913. The van der Waals surface area contributed by atoms with Crippen molar-refractivity contribution in [1.82, 2.24) is 4.90 Å². The number of amides is 1. The molecule has 0 saturated carbocycles. The first-order valence-corrected chi connectivity index (χ1v) is 11.1. The number of carbonyl (C=O) groups is 1. The molecule has 3 rings (SSSR count). The first-order chi connectivity index (χ1) is 13.4. The van der Waals surface area contributed by atoms with Gasteiger partial charge in [0.25, 0.3) is 5.91 Å². The molecule has 1 aliphatic heterocycles. The van der Waals surface area contributed by atoms with Crippen LogP contribution in [0.25, 0.3) is 0 Å². The summed E-state index contributed by atoms with van der Waals surface area (Å²) < 4.78 is 34.6. The van der Waals surface area contributed by atoms with E-state index in [0.717, 1.165) is 11.3 Å². The smallest absolute Gasteiger partial charge is 0.261 e. The predicted octanol–water partition coefficient (Wildman–Crippen LogP) is 2.94. The molecule has 0 aromatic heterocycles. The second-order valence-corrected chi connectivity index (χ2v) is 9.33. The predicted molar refractivity (Wildman–Crippen MR) is 108 cm³/mol. The minimum absolute atomic E-state index is 0.0180. The standard InChI is InChI=1S/C20H22ClNO5S/c1-26-18-6-2-15(3-7-18)12-22(17-10-11-28(24,25)14-17)20(23)13-27-19-8-4-16(21)5-9-19/h2-9,17H,10-14H2,1H3/t17-/m0/s1. The van der Waals surface area contributed by atoms with Crippen molar-refractivity contribution >= 4 is 27.3 Å². The highest BCUT2D eigenvalue weighted by Crippen LogP contribution is 2.22. The first-order valence-electron chi connectivity index (χ1n) is 8.87. The first kappa shape index (κ1) is 20.5. The number of halogens is 1. The highest BCUT2D eigenvalue weighted by atomic mass is 35.5. The zero-order valence-electron chi connectivity index (χ0n) is 15.5. The molecule has 0 N–H and O–H groups in total. The Kier molecular flexibility index (Phi) is 6.46. The van der Waals surface area contributed by atoms with Crippen LogP contribution in [0.3, 0.4) is 0 Å². The van der Waals surface area contributed by atoms with E-state index in [0.29, 0.717) is 23.7 Å². The van der Waals surface area contributed by atoms with E-state index in [-0.39, 0.29) is 30.1 Å². The van der Waals surface area contributed by atoms with Gasteiger partial charge >= 0.3 is 0 Å². The molecule has 2 aromatic carbocycles. The molecule has 0 radical (unpaired) electrons. The minimum atomic E-state index is -3.12. The quantitative estimate of drug-likeness (QED) is 0.684. The Hall–Kier alpha value is -2.25. The van der Waals surface area contributed by atoms with E-state index in [1.807, 2.05) is 24.3 Å². The number of rotatable bonds is 7. The molecule has 0 bridgehead atoms. The lowest BCUT2D eigenvalue weighted by Crippen LogP contribution is -2.43. The highest BCUT2D eigenvalue weighted by molar-refractivity contribution is 7.91. The zero-order chi connectivity index (χ0) is 20.1. The zero-order valence-corrected chi connectivity index (χ0v) is 17.1. The Morgan fingerprint density at radius 3 is 2.32 bits per heavy atom. The third-order valence-corrected chi connectivity index (χ3v) is 6.66. The van der Waals surface area contributed by atoms with Crippen molar-refractivity contribution < 1.29 is 22.7 Å². The maximum atomic E-state index is 12.9. The highest BCUT2D eigenvalue weighted by Gasteiger charge is 2.34. The molecule has 1 atom stereocenters. The van der Waals surface area contributed by atoms with Gasteiger partial charge in [-0.15, -0.1) is 0 Å². The fourth-order valence-corrected chi connectivity index (χ4v) is 4.99. The molecule has 6 nitrogen and oxygen atoms in total. The molecule has 1 saturated heterocycles. The van der Waals surface area contributed by atoms with Gasteiger partial charge in [0, 0.05) is 17.6 Å². The maximum Gasteiger partial charge on any atom is 0.261 e. The number of hydrogen-bond donors (Lipinski definition) is 0. The molecular formula is C20H22ClNO5S. The number of benzene rings is 2. The van der Waals surface area contributed by atoms with Crippen LogP contribution in [-0.2, 0) is 21.2 Å². The Morgan fingerprint density at radius 2 is 1.75 bits per heavy atom. The van der Waals surface area contributed by atoms with E-state index in [4.69, 9.17) is 21.1 Å². The van der Waals surface area contributed by atoms with Gasteiger partial charge in [-0.3, -0.25) is 4.79 Å². The number of methoxy groups -OCH3 is 1. The lowest BCUT2D eigenvalue weighted by molar-refractivity contribution is -0.136. The Morgan fingerprint density at radius 1 is 1.11 bits per heavy atom. The number of nitrogens with zero attached hydrogens (tertiary/aromatic N) is 1. The van der Waals surface area contributed by atoms with Gasteiger partial charge in [-0.2, -0.15) is 0 Å². The molecule has 0 unspecified atom stereocenters. The van der Waals surface area contributed by atoms with E-state index in [1.54, 1.807) is 36.3 Å². The van der Waals surface area contributed by atoms with Gasteiger partial charge in [0.1, 0.15) is 11.5 Å². The van der Waals surface area contributed by atoms with E-state index in [2.05, 4.69) is 0 Å². The molecule has 1 amide bonds. The maximum absolute atomic E-state index is 12.9. The van der Waals surface area contributed by atoms with Crippen molar-refractivity contribution in [2.24, 2.45) is 0 Å². The van der Waals surface area contributed by atoms with E-state index in [9.17, 15) is 13.2 Å². The fraction of sp³-hybridized carbons (Fsp3) is 0.350. The van der Waals surface area contributed by atoms with Crippen molar-refractivity contribution in [1.29, 1.82) is 0 Å². The molecule has 1 aliphatic rings. The monoisotopic (exact) mass is 423 g/mol. The van der Waals surface area contributed by atoms with Crippen LogP contribution in [0.15, 0.2) is 48.5 Å². The van der Waals surface area contributed by atoms with Crippen LogP contribution in [0.1, 0.15) is 12.0 Å². The molecular weight excluding hydrogens is 402 g/mol. The molecule has 2 aromatic rings. The summed E-state index contributed by atoms with van der Waals surface area (Å²) >= 11 is 5.85. The van der Waals surface area contributed by atoms with Crippen LogP contribution in [-0.4, -0.2) is 50.5 Å². The summed E-state index contributed by atoms with van der Waals surface area (Å²) in [7, 11) is -1.53. The van der Waals surface area contributed by atoms with E-state index in [1.165, 1.54) is 0 Å². The topological polar surface area (TPSA) is 72.9 Å². The van der Waals surface area contributed by atoms with Gasteiger partial charge in [-0.25, -0.2) is 8.42 Å². The van der Waals surface area contributed by atoms with Crippen LogP contribution in [0.5, 0.6) is 11.5 Å². The lowest BCUT2D eigenvalue weighted by Gasteiger charge is -2.28. The van der Waals surface area contributed by atoms with Gasteiger partial charge in [0.05, 0.1) is 18.6 Å². The van der Waals surface area contributed by atoms with Crippen molar-refractivity contribution in [2.75, 3.05) is 25.2 Å². The summed E-state index contributed by atoms with van der Waals surface area (Å²) in [6.07, 6.45) is 0.436. The van der Waals surface area contributed by atoms with Gasteiger partial charge < -0.3 is 14.4 Å². The molecule has 150 valence electrons. The van der Waals surface area contributed by atoms with Crippen molar-refractivity contribution in [3.8, 4) is 11.5 Å². The average Bonchev–Trinajstić information content (AvgIpc) is 3.05. The van der Waals surface area contributed by atoms with Crippen LogP contribution in [0.4, 0.5) is 0 Å². The largest absolute Gasteiger partial charge is 0.497 e. The summed E-state index contributed by atoms with van der Waals surface area (Å²) in [4.78, 5) is 14.5. The van der Waals surface area contributed by atoms with Crippen LogP contribution < -0.4 is 9.47 Å². The van der Waals surface area contributed by atoms with Crippen molar-refractivity contribution in [3.05, 3.63) is 59.1 Å².